The number of rotatable bonds is 7. The first kappa shape index (κ1) is 20.1. The lowest BCUT2D eigenvalue weighted by Gasteiger charge is -2.37. The van der Waals surface area contributed by atoms with Crippen molar-refractivity contribution < 1.29 is 33.2 Å². The Hall–Kier alpha value is -2.25. The van der Waals surface area contributed by atoms with E-state index in [1.807, 2.05) is 6.92 Å². The Morgan fingerprint density at radius 1 is 1.15 bits per heavy atom. The Balaban J connectivity index is 2.12. The normalized spacial score (nSPS) is 22.4. The topological polar surface area (TPSA) is 72.5 Å². The fourth-order valence-corrected chi connectivity index (χ4v) is 2.52. The van der Waals surface area contributed by atoms with Gasteiger partial charge in [-0.2, -0.15) is 0 Å². The molecular weight excluding hydrogens is 340 g/mol. The van der Waals surface area contributed by atoms with Gasteiger partial charge in [0.1, 0.15) is 23.9 Å². The van der Waals surface area contributed by atoms with Crippen LogP contribution in [0, 0.1) is 5.41 Å². The van der Waals surface area contributed by atoms with E-state index in [1.54, 1.807) is 40.4 Å². The highest BCUT2D eigenvalue weighted by atomic mass is 16.7. The van der Waals surface area contributed by atoms with Crippen molar-refractivity contribution in [3.63, 3.8) is 0 Å². The van der Waals surface area contributed by atoms with E-state index < -0.39 is 17.7 Å². The molecule has 0 atom stereocenters. The molecule has 0 amide bonds. The Kier molecular flexibility index (Phi) is 6.50. The Morgan fingerprint density at radius 3 is 2.12 bits per heavy atom. The van der Waals surface area contributed by atoms with Gasteiger partial charge < -0.3 is 28.4 Å². The molecule has 0 unspecified atom stereocenters. The molecule has 0 radical (unpaired) electrons. The number of hydrogen-bond donors (Lipinski definition) is 0. The van der Waals surface area contributed by atoms with Crippen molar-refractivity contribution in [2.24, 2.45) is 5.41 Å². The standard InChI is InChI=1S/C19H26O7/c1-12(2)17(20)24-9-19(3)10-25-18(26-11-19)16-14(22-5)7-13(21-4)8-15(16)23-6/h7-8,18H,1,9-11H2,2-6H3. The number of methoxy groups -OCH3 is 3. The number of carbonyl (C=O) groups excluding carboxylic acids is 1. The fraction of sp³-hybridized carbons (Fsp3) is 0.526. The Labute approximate surface area is 153 Å². The van der Waals surface area contributed by atoms with E-state index >= 15 is 0 Å². The van der Waals surface area contributed by atoms with Crippen LogP contribution in [0.5, 0.6) is 17.2 Å². The molecule has 1 saturated heterocycles. The van der Waals surface area contributed by atoms with E-state index in [4.69, 9.17) is 28.4 Å². The zero-order valence-electron chi connectivity index (χ0n) is 15.9. The molecule has 26 heavy (non-hydrogen) atoms. The maximum atomic E-state index is 11.6. The summed E-state index contributed by atoms with van der Waals surface area (Å²) in [5.41, 5.74) is 0.558. The van der Waals surface area contributed by atoms with Gasteiger partial charge >= 0.3 is 5.97 Å². The zero-order chi connectivity index (χ0) is 19.3. The summed E-state index contributed by atoms with van der Waals surface area (Å²) in [6.45, 7) is 7.98. The molecule has 7 heteroatoms. The second-order valence-electron chi connectivity index (χ2n) is 6.57. The largest absolute Gasteiger partial charge is 0.496 e. The third-order valence-corrected chi connectivity index (χ3v) is 4.06. The number of esters is 1. The molecular formula is C19H26O7. The van der Waals surface area contributed by atoms with E-state index in [9.17, 15) is 4.79 Å². The van der Waals surface area contributed by atoms with Gasteiger partial charge in [-0.15, -0.1) is 0 Å². The molecule has 1 aliphatic heterocycles. The number of hydrogen-bond acceptors (Lipinski definition) is 7. The van der Waals surface area contributed by atoms with Crippen LogP contribution in [0.1, 0.15) is 25.7 Å². The van der Waals surface area contributed by atoms with Crippen LogP contribution < -0.4 is 14.2 Å². The van der Waals surface area contributed by atoms with Gasteiger partial charge in [-0.1, -0.05) is 13.5 Å². The Bertz CT molecular complexity index is 635. The lowest BCUT2D eigenvalue weighted by molar-refractivity contribution is -0.239. The van der Waals surface area contributed by atoms with Crippen molar-refractivity contribution >= 4 is 5.97 Å². The van der Waals surface area contributed by atoms with Crippen molar-refractivity contribution in [1.82, 2.24) is 0 Å². The smallest absolute Gasteiger partial charge is 0.333 e. The fourth-order valence-electron chi connectivity index (χ4n) is 2.52. The Morgan fingerprint density at radius 2 is 1.69 bits per heavy atom. The minimum atomic E-state index is -0.657. The number of carbonyl (C=O) groups is 1. The minimum Gasteiger partial charge on any atom is -0.496 e. The molecule has 1 aromatic rings. The van der Waals surface area contributed by atoms with Crippen molar-refractivity contribution in [3.8, 4) is 17.2 Å². The summed E-state index contributed by atoms with van der Waals surface area (Å²) in [6, 6.07) is 3.49. The lowest BCUT2D eigenvalue weighted by atomic mass is 9.93. The highest BCUT2D eigenvalue weighted by Crippen LogP contribution is 2.43. The van der Waals surface area contributed by atoms with E-state index in [2.05, 4.69) is 6.58 Å². The van der Waals surface area contributed by atoms with Gasteiger partial charge in [-0.3, -0.25) is 0 Å². The second kappa shape index (κ2) is 8.42. The number of ether oxygens (including phenoxy) is 6. The van der Waals surface area contributed by atoms with Crippen LogP contribution >= 0.6 is 0 Å². The predicted molar refractivity (Wildman–Crippen MR) is 94.6 cm³/mol. The van der Waals surface area contributed by atoms with Crippen LogP contribution in [-0.4, -0.2) is 47.1 Å². The molecule has 0 spiro atoms. The van der Waals surface area contributed by atoms with Gasteiger partial charge in [0.2, 0.25) is 0 Å². The van der Waals surface area contributed by atoms with Crippen LogP contribution in [0.15, 0.2) is 24.3 Å². The molecule has 0 N–H and O–H groups in total. The summed E-state index contributed by atoms with van der Waals surface area (Å²) < 4.78 is 33.2. The molecule has 0 saturated carbocycles. The molecule has 1 heterocycles. The van der Waals surface area contributed by atoms with E-state index in [0.29, 0.717) is 41.6 Å². The van der Waals surface area contributed by atoms with E-state index in [0.717, 1.165) is 0 Å². The van der Waals surface area contributed by atoms with Crippen LogP contribution in [0.4, 0.5) is 0 Å². The number of benzene rings is 1. The molecule has 1 aromatic carbocycles. The molecule has 144 valence electrons. The average molecular weight is 366 g/mol. The maximum Gasteiger partial charge on any atom is 0.333 e. The summed E-state index contributed by atoms with van der Waals surface area (Å²) in [5.74, 6) is 1.27. The summed E-state index contributed by atoms with van der Waals surface area (Å²) in [6.07, 6.45) is -0.657. The molecule has 0 aromatic heterocycles. The van der Waals surface area contributed by atoms with Crippen molar-refractivity contribution in [3.05, 3.63) is 29.8 Å². The average Bonchev–Trinajstić information content (AvgIpc) is 2.65. The molecule has 1 aliphatic rings. The summed E-state index contributed by atoms with van der Waals surface area (Å²) >= 11 is 0. The third-order valence-electron chi connectivity index (χ3n) is 4.06. The second-order valence-corrected chi connectivity index (χ2v) is 6.57. The first-order valence-electron chi connectivity index (χ1n) is 8.19. The lowest BCUT2D eigenvalue weighted by Crippen LogP contribution is -2.40. The maximum absolute atomic E-state index is 11.6. The van der Waals surface area contributed by atoms with Gasteiger partial charge in [0.15, 0.2) is 6.29 Å². The van der Waals surface area contributed by atoms with Crippen molar-refractivity contribution in [1.29, 1.82) is 0 Å². The van der Waals surface area contributed by atoms with Crippen LogP contribution in [0.3, 0.4) is 0 Å². The van der Waals surface area contributed by atoms with Gasteiger partial charge in [0.05, 0.1) is 40.1 Å². The minimum absolute atomic E-state index is 0.183. The van der Waals surface area contributed by atoms with Gasteiger partial charge in [0, 0.05) is 23.1 Å². The summed E-state index contributed by atoms with van der Waals surface area (Å²) in [4.78, 5) is 11.6. The van der Waals surface area contributed by atoms with Crippen LogP contribution in [0.2, 0.25) is 0 Å². The first-order chi connectivity index (χ1) is 12.3. The van der Waals surface area contributed by atoms with Gasteiger partial charge in [0.25, 0.3) is 0 Å². The molecule has 0 aliphatic carbocycles. The van der Waals surface area contributed by atoms with Crippen molar-refractivity contribution in [2.75, 3.05) is 41.2 Å². The SMILES string of the molecule is C=C(C)C(=O)OCC1(C)COC(c2c(OC)cc(OC)cc2OC)OC1. The third kappa shape index (κ3) is 4.47. The zero-order valence-corrected chi connectivity index (χ0v) is 15.9. The van der Waals surface area contributed by atoms with Crippen LogP contribution in [0.25, 0.3) is 0 Å². The highest BCUT2D eigenvalue weighted by Gasteiger charge is 2.37. The summed E-state index contributed by atoms with van der Waals surface area (Å²) in [5, 5.41) is 0. The van der Waals surface area contributed by atoms with Gasteiger partial charge in [-0.25, -0.2) is 4.79 Å². The molecule has 2 rings (SSSR count). The highest BCUT2D eigenvalue weighted by molar-refractivity contribution is 5.86. The molecule has 0 bridgehead atoms. The first-order valence-corrected chi connectivity index (χ1v) is 8.19. The predicted octanol–water partition coefficient (Wildman–Crippen LogP) is 2.88. The van der Waals surface area contributed by atoms with E-state index in [1.165, 1.54) is 0 Å². The monoisotopic (exact) mass is 366 g/mol. The van der Waals surface area contributed by atoms with Gasteiger partial charge in [-0.05, 0) is 6.92 Å². The quantitative estimate of drug-likeness (QED) is 0.543. The molecule has 1 fully saturated rings. The van der Waals surface area contributed by atoms with Crippen LogP contribution in [-0.2, 0) is 19.0 Å². The van der Waals surface area contributed by atoms with E-state index in [-0.39, 0.29) is 6.61 Å². The summed E-state index contributed by atoms with van der Waals surface area (Å²) in [7, 11) is 4.68. The molecule has 7 nitrogen and oxygen atoms in total. The van der Waals surface area contributed by atoms with Crippen molar-refractivity contribution in [2.45, 2.75) is 20.1 Å².